The molecule has 1 heterocycles. The molecular weight excluding hydrogens is 465 g/mol. The van der Waals surface area contributed by atoms with E-state index in [1.165, 1.54) is 29.5 Å². The van der Waals surface area contributed by atoms with Crippen molar-refractivity contribution in [3.63, 3.8) is 0 Å². The molecule has 178 valence electrons. The number of hydrogen-bond donors (Lipinski definition) is 2. The van der Waals surface area contributed by atoms with Crippen LogP contribution in [0.4, 0.5) is 15.2 Å². The molecule has 1 unspecified atom stereocenters. The number of aromatic nitrogens is 2. The van der Waals surface area contributed by atoms with E-state index in [9.17, 15) is 14.0 Å². The average molecular weight is 490 g/mol. The number of carbonyl (C=O) groups excluding carboxylic acids is 2. The molecule has 2 amide bonds. The first-order valence-corrected chi connectivity index (χ1v) is 11.7. The van der Waals surface area contributed by atoms with E-state index in [0.29, 0.717) is 10.1 Å². The fraction of sp³-hybridized carbons (Fsp3) is 0.154. The molecule has 35 heavy (non-hydrogen) atoms. The van der Waals surface area contributed by atoms with Gasteiger partial charge in [0.2, 0.25) is 11.0 Å². The van der Waals surface area contributed by atoms with Crippen LogP contribution in [0.15, 0.2) is 78.9 Å². The number of benzene rings is 3. The molecule has 4 aromatic rings. The van der Waals surface area contributed by atoms with Crippen LogP contribution in [0.25, 0.3) is 10.6 Å². The van der Waals surface area contributed by atoms with Crippen LogP contribution in [-0.4, -0.2) is 42.1 Å². The minimum atomic E-state index is -0.948. The molecule has 0 bridgehead atoms. The van der Waals surface area contributed by atoms with E-state index in [1.54, 1.807) is 6.07 Å². The van der Waals surface area contributed by atoms with Crippen molar-refractivity contribution in [2.75, 3.05) is 24.3 Å². The van der Waals surface area contributed by atoms with Crippen LogP contribution < -0.4 is 15.5 Å². The van der Waals surface area contributed by atoms with Crippen LogP contribution in [0.3, 0.4) is 0 Å². The molecule has 9 heteroatoms. The van der Waals surface area contributed by atoms with E-state index in [4.69, 9.17) is 0 Å². The molecule has 3 aromatic carbocycles. The van der Waals surface area contributed by atoms with Gasteiger partial charge < -0.3 is 10.2 Å². The first kappa shape index (κ1) is 24.0. The molecule has 0 saturated heterocycles. The number of halogens is 1. The summed E-state index contributed by atoms with van der Waals surface area (Å²) in [5, 5.41) is 14.6. The SMILES string of the molecule is CN(C)c1ccc(-c2nnc(NC(=O)C(Cc3ccccc3)NC(=O)c3ccccc3F)s2)cc1. The maximum Gasteiger partial charge on any atom is 0.254 e. The quantitative estimate of drug-likeness (QED) is 0.383. The van der Waals surface area contributed by atoms with Gasteiger partial charge in [-0.2, -0.15) is 0 Å². The molecule has 0 aliphatic carbocycles. The van der Waals surface area contributed by atoms with Gasteiger partial charge >= 0.3 is 0 Å². The van der Waals surface area contributed by atoms with Crippen molar-refractivity contribution in [3.05, 3.63) is 95.8 Å². The third-order valence-corrected chi connectivity index (χ3v) is 6.20. The van der Waals surface area contributed by atoms with Crippen LogP contribution in [0, 0.1) is 5.82 Å². The molecule has 1 atom stereocenters. The number of carbonyl (C=O) groups is 2. The number of nitrogens with one attached hydrogen (secondary N) is 2. The molecule has 0 saturated carbocycles. The Kier molecular flexibility index (Phi) is 7.47. The standard InChI is InChI=1S/C26H24FN5O2S/c1-32(2)19-14-12-18(13-15-19)25-30-31-26(35-25)29-24(34)22(16-17-8-4-3-5-9-17)28-23(33)20-10-6-7-11-21(20)27/h3-15,22H,16H2,1-2H3,(H,28,33)(H,29,31,34). The van der Waals surface area contributed by atoms with Gasteiger partial charge in [-0.1, -0.05) is 53.8 Å². The van der Waals surface area contributed by atoms with Crippen LogP contribution in [0.1, 0.15) is 15.9 Å². The first-order valence-electron chi connectivity index (χ1n) is 10.9. The average Bonchev–Trinajstić information content (AvgIpc) is 3.33. The minimum absolute atomic E-state index is 0.127. The summed E-state index contributed by atoms with van der Waals surface area (Å²) in [5.41, 5.74) is 2.65. The van der Waals surface area contributed by atoms with E-state index in [2.05, 4.69) is 20.8 Å². The molecular formula is C26H24FN5O2S. The summed E-state index contributed by atoms with van der Waals surface area (Å²) in [7, 11) is 3.93. The summed E-state index contributed by atoms with van der Waals surface area (Å²) in [6.07, 6.45) is 0.227. The Labute approximate surface area is 206 Å². The van der Waals surface area contributed by atoms with Gasteiger partial charge in [0.05, 0.1) is 5.56 Å². The lowest BCUT2D eigenvalue weighted by atomic mass is 10.0. The van der Waals surface area contributed by atoms with Crippen molar-refractivity contribution in [3.8, 4) is 10.6 Å². The summed E-state index contributed by atoms with van der Waals surface area (Å²) in [5.74, 6) is -1.79. The van der Waals surface area contributed by atoms with E-state index >= 15 is 0 Å². The number of anilines is 2. The fourth-order valence-corrected chi connectivity index (χ4v) is 4.18. The molecule has 0 radical (unpaired) electrons. The molecule has 7 nitrogen and oxygen atoms in total. The summed E-state index contributed by atoms with van der Waals surface area (Å²) in [4.78, 5) is 27.9. The van der Waals surface area contributed by atoms with Gasteiger partial charge in [0.25, 0.3) is 5.91 Å². The van der Waals surface area contributed by atoms with E-state index in [0.717, 1.165) is 16.8 Å². The van der Waals surface area contributed by atoms with Crippen molar-refractivity contribution in [1.82, 2.24) is 15.5 Å². The molecule has 0 aliphatic rings. The highest BCUT2D eigenvalue weighted by Crippen LogP contribution is 2.28. The Hall–Kier alpha value is -4.11. The smallest absolute Gasteiger partial charge is 0.254 e. The predicted octanol–water partition coefficient (Wildman–Crippen LogP) is 4.39. The Morgan fingerprint density at radius 2 is 1.63 bits per heavy atom. The summed E-state index contributed by atoms with van der Waals surface area (Å²) < 4.78 is 14.1. The molecule has 0 aliphatic heterocycles. The maximum absolute atomic E-state index is 14.1. The van der Waals surface area contributed by atoms with Crippen LogP contribution in [0.5, 0.6) is 0 Å². The zero-order valence-corrected chi connectivity index (χ0v) is 20.1. The summed E-state index contributed by atoms with van der Waals surface area (Å²) >= 11 is 1.23. The zero-order chi connectivity index (χ0) is 24.8. The number of amides is 2. The molecule has 1 aromatic heterocycles. The highest BCUT2D eigenvalue weighted by atomic mass is 32.1. The Bertz CT molecular complexity index is 1310. The number of hydrogen-bond acceptors (Lipinski definition) is 6. The van der Waals surface area contributed by atoms with Gasteiger partial charge in [0, 0.05) is 31.8 Å². The topological polar surface area (TPSA) is 87.2 Å². The third-order valence-electron chi connectivity index (χ3n) is 5.31. The first-order chi connectivity index (χ1) is 16.9. The molecule has 0 fully saturated rings. The second-order valence-electron chi connectivity index (χ2n) is 8.04. The monoisotopic (exact) mass is 489 g/mol. The van der Waals surface area contributed by atoms with Gasteiger partial charge in [-0.05, 0) is 42.0 Å². The number of rotatable bonds is 8. The maximum atomic E-state index is 14.1. The molecule has 4 rings (SSSR count). The van der Waals surface area contributed by atoms with Gasteiger partial charge in [-0.15, -0.1) is 10.2 Å². The van der Waals surface area contributed by atoms with Crippen LogP contribution in [-0.2, 0) is 11.2 Å². The van der Waals surface area contributed by atoms with E-state index in [-0.39, 0.29) is 12.0 Å². The van der Waals surface area contributed by atoms with E-state index < -0.39 is 23.7 Å². The van der Waals surface area contributed by atoms with Crippen molar-refractivity contribution in [1.29, 1.82) is 0 Å². The lowest BCUT2D eigenvalue weighted by Gasteiger charge is -2.18. The minimum Gasteiger partial charge on any atom is -0.378 e. The predicted molar refractivity (Wildman–Crippen MR) is 136 cm³/mol. The Balaban J connectivity index is 1.51. The van der Waals surface area contributed by atoms with Crippen LogP contribution in [0.2, 0.25) is 0 Å². The Morgan fingerprint density at radius 1 is 0.943 bits per heavy atom. The fourth-order valence-electron chi connectivity index (χ4n) is 3.43. The van der Waals surface area contributed by atoms with Gasteiger partial charge in [0.15, 0.2) is 0 Å². The highest BCUT2D eigenvalue weighted by Gasteiger charge is 2.24. The number of nitrogens with zero attached hydrogens (tertiary/aromatic N) is 3. The second kappa shape index (κ2) is 10.9. The van der Waals surface area contributed by atoms with E-state index in [1.807, 2.05) is 73.6 Å². The largest absolute Gasteiger partial charge is 0.378 e. The van der Waals surface area contributed by atoms with Crippen molar-refractivity contribution < 1.29 is 14.0 Å². The summed E-state index contributed by atoms with van der Waals surface area (Å²) in [6, 6.07) is 21.8. The van der Waals surface area contributed by atoms with Gasteiger partial charge in [0.1, 0.15) is 16.9 Å². The van der Waals surface area contributed by atoms with Gasteiger partial charge in [-0.3, -0.25) is 14.9 Å². The van der Waals surface area contributed by atoms with Crippen molar-refractivity contribution >= 4 is 34.0 Å². The lowest BCUT2D eigenvalue weighted by molar-refractivity contribution is -0.118. The molecule has 0 spiro atoms. The molecule has 2 N–H and O–H groups in total. The van der Waals surface area contributed by atoms with Crippen molar-refractivity contribution in [2.45, 2.75) is 12.5 Å². The second-order valence-corrected chi connectivity index (χ2v) is 9.02. The summed E-state index contributed by atoms with van der Waals surface area (Å²) in [6.45, 7) is 0. The highest BCUT2D eigenvalue weighted by molar-refractivity contribution is 7.18. The van der Waals surface area contributed by atoms with Crippen LogP contribution >= 0.6 is 11.3 Å². The third kappa shape index (κ3) is 6.07. The normalized spacial score (nSPS) is 11.5. The Morgan fingerprint density at radius 3 is 2.31 bits per heavy atom. The lowest BCUT2D eigenvalue weighted by Crippen LogP contribution is -2.45. The van der Waals surface area contributed by atoms with Gasteiger partial charge in [-0.25, -0.2) is 4.39 Å². The zero-order valence-electron chi connectivity index (χ0n) is 19.2. The van der Waals surface area contributed by atoms with Crippen molar-refractivity contribution in [2.24, 2.45) is 0 Å².